The molecule has 1 aliphatic rings. The van der Waals surface area contributed by atoms with Gasteiger partial charge in [0.15, 0.2) is 5.82 Å². The smallest absolute Gasteiger partial charge is 0.228 e. The van der Waals surface area contributed by atoms with Crippen molar-refractivity contribution in [1.82, 2.24) is 10.2 Å². The van der Waals surface area contributed by atoms with E-state index in [9.17, 15) is 4.79 Å². The highest BCUT2D eigenvalue weighted by Gasteiger charge is 2.30. The highest BCUT2D eigenvalue weighted by molar-refractivity contribution is 6.02. The topological polar surface area (TPSA) is 67.0 Å². The lowest BCUT2D eigenvalue weighted by molar-refractivity contribution is -0.117. The van der Waals surface area contributed by atoms with Gasteiger partial charge in [-0.3, -0.25) is 9.89 Å². The van der Waals surface area contributed by atoms with Gasteiger partial charge in [0, 0.05) is 16.9 Å². The molecule has 3 aromatic rings. The van der Waals surface area contributed by atoms with E-state index in [1.54, 1.807) is 7.11 Å². The fourth-order valence-corrected chi connectivity index (χ4v) is 3.16. The number of nitrogens with one attached hydrogen (secondary N) is 2. The molecule has 0 aliphatic heterocycles. The third-order valence-corrected chi connectivity index (χ3v) is 4.95. The van der Waals surface area contributed by atoms with Crippen LogP contribution in [0.1, 0.15) is 38.2 Å². The molecule has 1 heterocycles. The number of aromatic nitrogens is 2. The van der Waals surface area contributed by atoms with Gasteiger partial charge in [0.25, 0.3) is 0 Å². The van der Waals surface area contributed by atoms with Crippen LogP contribution in [0.25, 0.3) is 22.0 Å². The molecule has 0 atom stereocenters. The van der Waals surface area contributed by atoms with E-state index in [2.05, 4.69) is 47.6 Å². The predicted molar refractivity (Wildman–Crippen MR) is 104 cm³/mol. The molecule has 1 aromatic heterocycles. The van der Waals surface area contributed by atoms with Crippen molar-refractivity contribution in [3.05, 3.63) is 42.0 Å². The average Bonchev–Trinajstić information content (AvgIpc) is 3.43. The van der Waals surface area contributed by atoms with E-state index < -0.39 is 0 Å². The maximum atomic E-state index is 12.0. The number of rotatable bonds is 5. The minimum absolute atomic E-state index is 0.0637. The summed E-state index contributed by atoms with van der Waals surface area (Å²) in [6.45, 7) is 4.36. The summed E-state index contributed by atoms with van der Waals surface area (Å²) in [5.41, 5.74) is 4.27. The molecule has 0 radical (unpaired) electrons. The fourth-order valence-electron chi connectivity index (χ4n) is 3.16. The number of nitrogens with zero attached hydrogens (tertiary/aromatic N) is 1. The van der Waals surface area contributed by atoms with Crippen LogP contribution in [-0.2, 0) is 4.79 Å². The summed E-state index contributed by atoms with van der Waals surface area (Å²) < 4.78 is 5.55. The van der Waals surface area contributed by atoms with Crippen molar-refractivity contribution in [2.75, 3.05) is 12.4 Å². The second kappa shape index (κ2) is 6.48. The maximum Gasteiger partial charge on any atom is 0.228 e. The molecule has 1 saturated carbocycles. The Hall–Kier alpha value is -2.82. The number of methoxy groups -OCH3 is 1. The molecule has 134 valence electrons. The van der Waals surface area contributed by atoms with Crippen molar-refractivity contribution in [1.29, 1.82) is 0 Å². The third kappa shape index (κ3) is 3.05. The minimum Gasteiger partial charge on any atom is -0.496 e. The SMILES string of the molecule is COc1ccc(C(C)C)cc1-c1ccc2c(NC(=O)C3CC3)n[nH]c2c1. The summed E-state index contributed by atoms with van der Waals surface area (Å²) in [5, 5.41) is 11.2. The Bertz CT molecular complexity index is 971. The average molecular weight is 349 g/mol. The molecule has 0 unspecified atom stereocenters. The van der Waals surface area contributed by atoms with Gasteiger partial charge in [0.1, 0.15) is 5.75 Å². The van der Waals surface area contributed by atoms with E-state index in [-0.39, 0.29) is 11.8 Å². The Labute approximate surface area is 152 Å². The molecular weight excluding hydrogens is 326 g/mol. The van der Waals surface area contributed by atoms with Crippen molar-refractivity contribution in [3.8, 4) is 16.9 Å². The molecule has 4 rings (SSSR count). The second-order valence-electron chi connectivity index (χ2n) is 7.21. The quantitative estimate of drug-likeness (QED) is 0.701. The molecule has 0 spiro atoms. The molecular formula is C21H23N3O2. The zero-order chi connectivity index (χ0) is 18.3. The van der Waals surface area contributed by atoms with Crippen LogP contribution in [0, 0.1) is 5.92 Å². The molecule has 0 saturated heterocycles. The highest BCUT2D eigenvalue weighted by atomic mass is 16.5. The molecule has 1 amide bonds. The summed E-state index contributed by atoms with van der Waals surface area (Å²) in [6, 6.07) is 12.4. The third-order valence-electron chi connectivity index (χ3n) is 4.95. The van der Waals surface area contributed by atoms with Crippen LogP contribution in [0.3, 0.4) is 0 Å². The normalized spacial score (nSPS) is 14.0. The molecule has 1 aliphatic carbocycles. The number of hydrogen-bond donors (Lipinski definition) is 2. The van der Waals surface area contributed by atoms with Gasteiger partial charge in [-0.2, -0.15) is 5.10 Å². The van der Waals surface area contributed by atoms with Crippen molar-refractivity contribution in [2.45, 2.75) is 32.6 Å². The van der Waals surface area contributed by atoms with E-state index in [4.69, 9.17) is 4.74 Å². The number of hydrogen-bond acceptors (Lipinski definition) is 3. The van der Waals surface area contributed by atoms with Crippen LogP contribution in [0.4, 0.5) is 5.82 Å². The number of benzene rings is 2. The van der Waals surface area contributed by atoms with E-state index in [1.807, 2.05) is 18.2 Å². The molecule has 2 aromatic carbocycles. The first kappa shape index (κ1) is 16.6. The van der Waals surface area contributed by atoms with Crippen molar-refractivity contribution in [3.63, 3.8) is 0 Å². The molecule has 0 bridgehead atoms. The monoisotopic (exact) mass is 349 g/mol. The Balaban J connectivity index is 1.72. The Kier molecular flexibility index (Phi) is 4.15. The van der Waals surface area contributed by atoms with Gasteiger partial charge < -0.3 is 10.1 Å². The summed E-state index contributed by atoms with van der Waals surface area (Å²) >= 11 is 0. The number of amides is 1. The van der Waals surface area contributed by atoms with Crippen LogP contribution in [0.5, 0.6) is 5.75 Å². The molecule has 5 heteroatoms. The van der Waals surface area contributed by atoms with E-state index in [0.29, 0.717) is 11.7 Å². The lowest BCUT2D eigenvalue weighted by Crippen LogP contribution is -2.13. The maximum absolute atomic E-state index is 12.0. The molecule has 2 N–H and O–H groups in total. The van der Waals surface area contributed by atoms with Gasteiger partial charge in [-0.1, -0.05) is 26.0 Å². The van der Waals surface area contributed by atoms with Crippen LogP contribution in [0.15, 0.2) is 36.4 Å². The summed E-state index contributed by atoms with van der Waals surface area (Å²) in [5.74, 6) is 2.11. The molecule has 5 nitrogen and oxygen atoms in total. The van der Waals surface area contributed by atoms with Crippen LogP contribution >= 0.6 is 0 Å². The van der Waals surface area contributed by atoms with Crippen molar-refractivity contribution in [2.24, 2.45) is 5.92 Å². The molecule has 26 heavy (non-hydrogen) atoms. The number of anilines is 1. The molecule has 1 fully saturated rings. The van der Waals surface area contributed by atoms with E-state index >= 15 is 0 Å². The Morgan fingerprint density at radius 1 is 1.23 bits per heavy atom. The highest BCUT2D eigenvalue weighted by Crippen LogP contribution is 2.36. The second-order valence-corrected chi connectivity index (χ2v) is 7.21. The first-order chi connectivity index (χ1) is 12.6. The van der Waals surface area contributed by atoms with E-state index in [1.165, 1.54) is 5.56 Å². The first-order valence-electron chi connectivity index (χ1n) is 9.04. The summed E-state index contributed by atoms with van der Waals surface area (Å²) in [4.78, 5) is 12.0. The summed E-state index contributed by atoms with van der Waals surface area (Å²) in [6.07, 6.45) is 1.95. The zero-order valence-corrected chi connectivity index (χ0v) is 15.3. The van der Waals surface area contributed by atoms with Crippen molar-refractivity contribution < 1.29 is 9.53 Å². The number of carbonyl (C=O) groups is 1. The zero-order valence-electron chi connectivity index (χ0n) is 15.3. The van der Waals surface area contributed by atoms with Crippen LogP contribution < -0.4 is 10.1 Å². The number of carbonyl (C=O) groups excluding carboxylic acids is 1. The fraction of sp³-hybridized carbons (Fsp3) is 0.333. The van der Waals surface area contributed by atoms with Gasteiger partial charge >= 0.3 is 0 Å². The van der Waals surface area contributed by atoms with Crippen LogP contribution in [-0.4, -0.2) is 23.2 Å². The van der Waals surface area contributed by atoms with Gasteiger partial charge in [0.05, 0.1) is 12.6 Å². The Morgan fingerprint density at radius 3 is 2.73 bits per heavy atom. The van der Waals surface area contributed by atoms with Gasteiger partial charge in [-0.25, -0.2) is 0 Å². The van der Waals surface area contributed by atoms with E-state index in [0.717, 1.165) is 40.6 Å². The number of aromatic amines is 1. The van der Waals surface area contributed by atoms with Gasteiger partial charge in [-0.15, -0.1) is 0 Å². The van der Waals surface area contributed by atoms with Crippen LogP contribution in [0.2, 0.25) is 0 Å². The predicted octanol–water partition coefficient (Wildman–Crippen LogP) is 4.71. The van der Waals surface area contributed by atoms with Gasteiger partial charge in [0.2, 0.25) is 5.91 Å². The lowest BCUT2D eigenvalue weighted by atomic mass is 9.96. The number of ether oxygens (including phenoxy) is 1. The number of H-pyrrole nitrogens is 1. The summed E-state index contributed by atoms with van der Waals surface area (Å²) in [7, 11) is 1.69. The van der Waals surface area contributed by atoms with Gasteiger partial charge in [-0.05, 0) is 54.2 Å². The Morgan fingerprint density at radius 2 is 2.04 bits per heavy atom. The lowest BCUT2D eigenvalue weighted by Gasteiger charge is -2.13. The standard InChI is InChI=1S/C21H23N3O2/c1-12(2)14-7-9-19(26-3)17(10-14)15-6-8-16-18(11-15)23-24-20(16)22-21(25)13-4-5-13/h6-13H,4-5H2,1-3H3,(H2,22,23,24,25). The number of fused-ring (bicyclic) bond motifs is 1. The van der Waals surface area contributed by atoms with Crippen molar-refractivity contribution >= 4 is 22.6 Å². The minimum atomic E-state index is 0.0637. The largest absolute Gasteiger partial charge is 0.496 e. The first-order valence-corrected chi connectivity index (χ1v) is 9.04.